The molecule has 0 saturated carbocycles. The summed E-state index contributed by atoms with van der Waals surface area (Å²) in [5.74, 6) is 0.988. The van der Waals surface area contributed by atoms with Crippen molar-refractivity contribution in [1.82, 2.24) is 4.72 Å². The van der Waals surface area contributed by atoms with E-state index in [-0.39, 0.29) is 18.6 Å². The standard InChI is InChI=1S/C8H13NO4S/c1-3-7(2)9-14(12,13)6-4-5-8(10)11/h1,7,9H,4-6H2,2H3,(H,10,11). The molecule has 2 N–H and O–H groups in total. The number of nitrogens with one attached hydrogen (secondary N) is 1. The van der Waals surface area contributed by atoms with Gasteiger partial charge in [-0.1, -0.05) is 5.92 Å². The van der Waals surface area contributed by atoms with Gasteiger partial charge in [0.1, 0.15) is 0 Å². The molecule has 6 heteroatoms. The Kier molecular flexibility index (Phi) is 5.20. The summed E-state index contributed by atoms with van der Waals surface area (Å²) in [6.45, 7) is 1.54. The van der Waals surface area contributed by atoms with Crippen molar-refractivity contribution >= 4 is 16.0 Å². The second-order valence-corrected chi connectivity index (χ2v) is 4.70. The van der Waals surface area contributed by atoms with Gasteiger partial charge < -0.3 is 5.11 Å². The zero-order chi connectivity index (χ0) is 11.2. The Bertz CT molecular complexity index is 328. The van der Waals surface area contributed by atoms with Crippen molar-refractivity contribution in [2.75, 3.05) is 5.75 Å². The molecule has 80 valence electrons. The number of hydrogen-bond donors (Lipinski definition) is 2. The highest BCUT2D eigenvalue weighted by molar-refractivity contribution is 7.89. The van der Waals surface area contributed by atoms with E-state index >= 15 is 0 Å². The lowest BCUT2D eigenvalue weighted by Crippen LogP contribution is -2.33. The van der Waals surface area contributed by atoms with Crippen molar-refractivity contribution in [2.45, 2.75) is 25.8 Å². The Morgan fingerprint density at radius 1 is 1.64 bits per heavy atom. The van der Waals surface area contributed by atoms with E-state index < -0.39 is 22.0 Å². The zero-order valence-electron chi connectivity index (χ0n) is 7.86. The van der Waals surface area contributed by atoms with Crippen LogP contribution >= 0.6 is 0 Å². The molecule has 0 bridgehead atoms. The number of terminal acetylenes is 1. The second kappa shape index (κ2) is 5.62. The van der Waals surface area contributed by atoms with Gasteiger partial charge in [-0.05, 0) is 13.3 Å². The van der Waals surface area contributed by atoms with Crippen molar-refractivity contribution in [3.8, 4) is 12.3 Å². The number of carboxylic acids is 1. The summed E-state index contributed by atoms with van der Waals surface area (Å²) >= 11 is 0. The molecule has 5 nitrogen and oxygen atoms in total. The Morgan fingerprint density at radius 3 is 2.64 bits per heavy atom. The number of hydrogen-bond acceptors (Lipinski definition) is 3. The van der Waals surface area contributed by atoms with Crippen LogP contribution in [-0.2, 0) is 14.8 Å². The third kappa shape index (κ3) is 6.46. The first-order valence-corrected chi connectivity index (χ1v) is 5.70. The van der Waals surface area contributed by atoms with E-state index in [4.69, 9.17) is 11.5 Å². The molecule has 0 aromatic carbocycles. The molecular formula is C8H13NO4S. The van der Waals surface area contributed by atoms with Crippen molar-refractivity contribution in [2.24, 2.45) is 0 Å². The van der Waals surface area contributed by atoms with Gasteiger partial charge in [-0.2, -0.15) is 0 Å². The smallest absolute Gasteiger partial charge is 0.303 e. The van der Waals surface area contributed by atoms with Gasteiger partial charge >= 0.3 is 5.97 Å². The van der Waals surface area contributed by atoms with Crippen molar-refractivity contribution in [1.29, 1.82) is 0 Å². The fourth-order valence-electron chi connectivity index (χ4n) is 0.776. The Labute approximate surface area is 83.6 Å². The average Bonchev–Trinajstić information content (AvgIpc) is 2.02. The number of rotatable bonds is 6. The lowest BCUT2D eigenvalue weighted by molar-refractivity contribution is -0.137. The molecule has 0 aromatic rings. The largest absolute Gasteiger partial charge is 0.481 e. The number of aliphatic carboxylic acids is 1. The molecule has 0 aliphatic rings. The Morgan fingerprint density at radius 2 is 2.21 bits per heavy atom. The van der Waals surface area contributed by atoms with E-state index in [1.54, 1.807) is 0 Å². The molecule has 0 aliphatic heterocycles. The maximum Gasteiger partial charge on any atom is 0.303 e. The van der Waals surface area contributed by atoms with Gasteiger partial charge in [0.25, 0.3) is 0 Å². The topological polar surface area (TPSA) is 83.5 Å². The summed E-state index contributed by atoms with van der Waals surface area (Å²) in [5.41, 5.74) is 0. The summed E-state index contributed by atoms with van der Waals surface area (Å²) < 4.78 is 24.6. The highest BCUT2D eigenvalue weighted by Gasteiger charge is 2.13. The van der Waals surface area contributed by atoms with Gasteiger partial charge in [-0.3, -0.25) is 4.79 Å². The first-order valence-electron chi connectivity index (χ1n) is 4.05. The molecule has 0 aromatic heterocycles. The number of carboxylic acid groups (broad SMARTS) is 1. The van der Waals surface area contributed by atoms with Crippen molar-refractivity contribution in [3.63, 3.8) is 0 Å². The van der Waals surface area contributed by atoms with Gasteiger partial charge in [0.2, 0.25) is 10.0 Å². The van der Waals surface area contributed by atoms with Crippen LogP contribution in [0.15, 0.2) is 0 Å². The highest BCUT2D eigenvalue weighted by atomic mass is 32.2. The van der Waals surface area contributed by atoms with E-state index in [0.717, 1.165) is 0 Å². The molecule has 0 aliphatic carbocycles. The predicted molar refractivity (Wildman–Crippen MR) is 52.1 cm³/mol. The second-order valence-electron chi connectivity index (χ2n) is 2.82. The van der Waals surface area contributed by atoms with Crippen LogP contribution in [-0.4, -0.2) is 31.3 Å². The summed E-state index contributed by atoms with van der Waals surface area (Å²) in [6, 6.07) is -0.565. The van der Waals surface area contributed by atoms with Crippen LogP contribution < -0.4 is 4.72 Å². The summed E-state index contributed by atoms with van der Waals surface area (Å²) in [7, 11) is -3.44. The molecule has 0 saturated heterocycles. The molecule has 1 unspecified atom stereocenters. The van der Waals surface area contributed by atoms with E-state index in [2.05, 4.69) is 10.6 Å². The summed E-state index contributed by atoms with van der Waals surface area (Å²) in [4.78, 5) is 10.1. The normalized spacial score (nSPS) is 13.1. The first kappa shape index (κ1) is 12.9. The molecule has 0 fully saturated rings. The van der Waals surface area contributed by atoms with E-state index in [9.17, 15) is 13.2 Å². The van der Waals surface area contributed by atoms with Crippen LogP contribution in [0.3, 0.4) is 0 Å². The van der Waals surface area contributed by atoms with Crippen LogP contribution in [0.1, 0.15) is 19.8 Å². The summed E-state index contributed by atoms with van der Waals surface area (Å²) in [6.07, 6.45) is 4.91. The fourth-order valence-corrected chi connectivity index (χ4v) is 2.02. The third-order valence-electron chi connectivity index (χ3n) is 1.41. The number of sulfonamides is 1. The van der Waals surface area contributed by atoms with Crippen LogP contribution in [0.25, 0.3) is 0 Å². The van der Waals surface area contributed by atoms with Crippen LogP contribution in [0.5, 0.6) is 0 Å². The Hall–Kier alpha value is -1.06. The molecule has 0 spiro atoms. The zero-order valence-corrected chi connectivity index (χ0v) is 8.67. The maximum atomic E-state index is 11.2. The van der Waals surface area contributed by atoms with Crippen molar-refractivity contribution in [3.05, 3.63) is 0 Å². The SMILES string of the molecule is C#CC(C)NS(=O)(=O)CCCC(=O)O. The van der Waals surface area contributed by atoms with Crippen molar-refractivity contribution < 1.29 is 18.3 Å². The van der Waals surface area contributed by atoms with Gasteiger partial charge in [-0.15, -0.1) is 6.42 Å². The molecule has 0 radical (unpaired) electrons. The monoisotopic (exact) mass is 219 g/mol. The molecule has 14 heavy (non-hydrogen) atoms. The minimum absolute atomic E-state index is 0.0853. The molecule has 1 atom stereocenters. The van der Waals surface area contributed by atoms with E-state index in [1.165, 1.54) is 6.92 Å². The quantitative estimate of drug-likeness (QED) is 0.606. The molecule has 0 amide bonds. The lowest BCUT2D eigenvalue weighted by atomic mass is 10.3. The molecule has 0 rings (SSSR count). The lowest BCUT2D eigenvalue weighted by Gasteiger charge is -2.07. The van der Waals surface area contributed by atoms with Gasteiger partial charge in [0.15, 0.2) is 0 Å². The average molecular weight is 219 g/mol. The van der Waals surface area contributed by atoms with Gasteiger partial charge in [0, 0.05) is 6.42 Å². The molecule has 0 heterocycles. The minimum Gasteiger partial charge on any atom is -0.481 e. The highest BCUT2D eigenvalue weighted by Crippen LogP contribution is 1.96. The minimum atomic E-state index is -3.44. The van der Waals surface area contributed by atoms with Gasteiger partial charge in [0.05, 0.1) is 11.8 Å². The fraction of sp³-hybridized carbons (Fsp3) is 0.625. The molecular weight excluding hydrogens is 206 g/mol. The predicted octanol–water partition coefficient (Wildman–Crippen LogP) is -0.208. The van der Waals surface area contributed by atoms with Crippen LogP contribution in [0.4, 0.5) is 0 Å². The van der Waals surface area contributed by atoms with E-state index in [0.29, 0.717) is 0 Å². The van der Waals surface area contributed by atoms with Crippen LogP contribution in [0, 0.1) is 12.3 Å². The van der Waals surface area contributed by atoms with Gasteiger partial charge in [-0.25, -0.2) is 13.1 Å². The third-order valence-corrected chi connectivity index (χ3v) is 2.95. The summed E-state index contributed by atoms with van der Waals surface area (Å²) in [5, 5.41) is 8.29. The number of carbonyl (C=O) groups is 1. The van der Waals surface area contributed by atoms with Crippen LogP contribution in [0.2, 0.25) is 0 Å². The van der Waals surface area contributed by atoms with E-state index in [1.807, 2.05) is 0 Å². The first-order chi connectivity index (χ1) is 6.37. The maximum absolute atomic E-state index is 11.2. The Balaban J connectivity index is 3.98.